The minimum atomic E-state index is -0.0510. The number of hydrogen-bond acceptors (Lipinski definition) is 3. The van der Waals surface area contributed by atoms with Crippen LogP contribution in [0.2, 0.25) is 0 Å². The van der Waals surface area contributed by atoms with Gasteiger partial charge in [-0.25, -0.2) is 0 Å². The molecule has 0 aromatic carbocycles. The lowest BCUT2D eigenvalue weighted by Gasteiger charge is -2.43. The largest absolute Gasteiger partial charge is 0.373 e. The second kappa shape index (κ2) is 5.37. The Hall–Kier alpha value is -0.590. The molecule has 17 heavy (non-hydrogen) atoms. The Kier molecular flexibility index (Phi) is 4.06. The molecule has 0 bridgehead atoms. The van der Waals surface area contributed by atoms with Crippen molar-refractivity contribution in [2.45, 2.75) is 57.6 Å². The van der Waals surface area contributed by atoms with Crippen molar-refractivity contribution in [3.63, 3.8) is 0 Å². The summed E-state index contributed by atoms with van der Waals surface area (Å²) in [5.41, 5.74) is -0.0510. The van der Waals surface area contributed by atoms with Crippen LogP contribution in [0.1, 0.15) is 46.0 Å². The smallest absolute Gasteiger partial charge is 0.0753 e. The van der Waals surface area contributed by atoms with Crippen LogP contribution in [-0.4, -0.2) is 36.2 Å². The number of hydrogen-bond donors (Lipinski definition) is 0. The van der Waals surface area contributed by atoms with Crippen molar-refractivity contribution in [3.05, 3.63) is 0 Å². The summed E-state index contributed by atoms with van der Waals surface area (Å²) < 4.78 is 5.76. The third-order valence-electron chi connectivity index (χ3n) is 4.07. The molecule has 1 saturated heterocycles. The fraction of sp³-hybridized carbons (Fsp3) is 0.929. The summed E-state index contributed by atoms with van der Waals surface area (Å²) >= 11 is 0. The SMILES string of the molecule is CC1(C)CN(C2CCCCCC2C#N)CCO1. The Bertz CT molecular complexity index is 295. The zero-order valence-corrected chi connectivity index (χ0v) is 11.1. The predicted molar refractivity (Wildman–Crippen MR) is 67.6 cm³/mol. The summed E-state index contributed by atoms with van der Waals surface area (Å²) in [6, 6.07) is 3.00. The van der Waals surface area contributed by atoms with Gasteiger partial charge < -0.3 is 4.74 Å². The molecule has 0 N–H and O–H groups in total. The molecular weight excluding hydrogens is 212 g/mol. The van der Waals surface area contributed by atoms with Gasteiger partial charge in [-0.3, -0.25) is 4.90 Å². The summed E-state index contributed by atoms with van der Waals surface area (Å²) in [6.07, 6.45) is 6.07. The van der Waals surface area contributed by atoms with Gasteiger partial charge in [0, 0.05) is 19.1 Å². The van der Waals surface area contributed by atoms with Crippen LogP contribution in [0.15, 0.2) is 0 Å². The molecule has 1 aliphatic carbocycles. The first-order valence-electron chi connectivity index (χ1n) is 6.90. The lowest BCUT2D eigenvalue weighted by Crippen LogP contribution is -2.53. The minimum absolute atomic E-state index is 0.0510. The molecule has 0 radical (unpaired) electrons. The van der Waals surface area contributed by atoms with E-state index in [4.69, 9.17) is 4.74 Å². The molecule has 0 aromatic rings. The second-order valence-corrected chi connectivity index (χ2v) is 6.02. The summed E-state index contributed by atoms with van der Waals surface area (Å²) in [5.74, 6) is 0.228. The van der Waals surface area contributed by atoms with Gasteiger partial charge in [-0.1, -0.05) is 19.3 Å². The third-order valence-corrected chi connectivity index (χ3v) is 4.07. The fourth-order valence-corrected chi connectivity index (χ4v) is 3.21. The molecule has 2 atom stereocenters. The summed E-state index contributed by atoms with van der Waals surface area (Å²) in [5, 5.41) is 9.34. The molecule has 0 amide bonds. The first-order chi connectivity index (χ1) is 8.12. The monoisotopic (exact) mass is 236 g/mol. The Morgan fingerprint density at radius 3 is 2.71 bits per heavy atom. The van der Waals surface area contributed by atoms with Crippen molar-refractivity contribution < 1.29 is 4.74 Å². The maximum atomic E-state index is 9.34. The highest BCUT2D eigenvalue weighted by atomic mass is 16.5. The van der Waals surface area contributed by atoms with E-state index in [0.717, 1.165) is 26.1 Å². The highest BCUT2D eigenvalue weighted by molar-refractivity contribution is 4.96. The van der Waals surface area contributed by atoms with Crippen LogP contribution < -0.4 is 0 Å². The van der Waals surface area contributed by atoms with E-state index >= 15 is 0 Å². The second-order valence-electron chi connectivity index (χ2n) is 6.02. The molecule has 2 unspecified atom stereocenters. The van der Waals surface area contributed by atoms with Crippen molar-refractivity contribution in [1.29, 1.82) is 5.26 Å². The number of morpholine rings is 1. The van der Waals surface area contributed by atoms with Crippen LogP contribution in [0.25, 0.3) is 0 Å². The number of rotatable bonds is 1. The van der Waals surface area contributed by atoms with Crippen LogP contribution >= 0.6 is 0 Å². The van der Waals surface area contributed by atoms with E-state index < -0.39 is 0 Å². The van der Waals surface area contributed by atoms with Crippen molar-refractivity contribution in [1.82, 2.24) is 4.90 Å². The van der Waals surface area contributed by atoms with Crippen molar-refractivity contribution in [2.75, 3.05) is 19.7 Å². The lowest BCUT2D eigenvalue weighted by molar-refractivity contribution is -0.101. The van der Waals surface area contributed by atoms with Crippen LogP contribution in [0, 0.1) is 17.2 Å². The number of nitrogens with zero attached hydrogens (tertiary/aromatic N) is 2. The Morgan fingerprint density at radius 2 is 2.00 bits per heavy atom. The zero-order chi connectivity index (χ0) is 12.3. The molecule has 0 aromatic heterocycles. The Morgan fingerprint density at radius 1 is 1.24 bits per heavy atom. The average Bonchev–Trinajstić information content (AvgIpc) is 2.52. The van der Waals surface area contributed by atoms with Gasteiger partial charge in [-0.15, -0.1) is 0 Å². The van der Waals surface area contributed by atoms with E-state index in [1.54, 1.807) is 0 Å². The standard InChI is InChI=1S/C14H24N2O/c1-14(2)11-16(8-9-17-14)13-7-5-3-4-6-12(13)10-15/h12-13H,3-9,11H2,1-2H3. The zero-order valence-electron chi connectivity index (χ0n) is 11.1. The van der Waals surface area contributed by atoms with E-state index in [0.29, 0.717) is 6.04 Å². The number of ether oxygens (including phenoxy) is 1. The number of nitriles is 1. The van der Waals surface area contributed by atoms with Gasteiger partial charge in [-0.05, 0) is 26.7 Å². The fourth-order valence-electron chi connectivity index (χ4n) is 3.21. The molecule has 1 heterocycles. The molecular formula is C14H24N2O. The molecule has 1 saturated carbocycles. The van der Waals surface area contributed by atoms with Crippen molar-refractivity contribution in [3.8, 4) is 6.07 Å². The maximum Gasteiger partial charge on any atom is 0.0753 e. The molecule has 1 aliphatic heterocycles. The molecule has 2 aliphatic rings. The van der Waals surface area contributed by atoms with Crippen LogP contribution in [0.5, 0.6) is 0 Å². The molecule has 2 fully saturated rings. The van der Waals surface area contributed by atoms with E-state index in [9.17, 15) is 5.26 Å². The van der Waals surface area contributed by atoms with E-state index in [-0.39, 0.29) is 11.5 Å². The first-order valence-corrected chi connectivity index (χ1v) is 6.90. The van der Waals surface area contributed by atoms with Crippen molar-refractivity contribution in [2.24, 2.45) is 5.92 Å². The van der Waals surface area contributed by atoms with Crippen molar-refractivity contribution >= 4 is 0 Å². The van der Waals surface area contributed by atoms with Gasteiger partial charge >= 0.3 is 0 Å². The van der Waals surface area contributed by atoms with Gasteiger partial charge in [0.15, 0.2) is 0 Å². The van der Waals surface area contributed by atoms with Crippen LogP contribution in [-0.2, 0) is 4.74 Å². The normalized spacial score (nSPS) is 34.9. The topological polar surface area (TPSA) is 36.3 Å². The Labute approximate surface area is 105 Å². The highest BCUT2D eigenvalue weighted by Crippen LogP contribution is 2.30. The predicted octanol–water partition coefficient (Wildman–Crippen LogP) is 2.57. The Balaban J connectivity index is 2.05. The van der Waals surface area contributed by atoms with E-state index in [2.05, 4.69) is 24.8 Å². The van der Waals surface area contributed by atoms with Gasteiger partial charge in [-0.2, -0.15) is 5.26 Å². The van der Waals surface area contributed by atoms with E-state index in [1.165, 1.54) is 25.7 Å². The first kappa shape index (κ1) is 12.9. The van der Waals surface area contributed by atoms with Crippen LogP contribution in [0.4, 0.5) is 0 Å². The molecule has 0 spiro atoms. The average molecular weight is 236 g/mol. The van der Waals surface area contributed by atoms with Gasteiger partial charge in [0.05, 0.1) is 24.2 Å². The summed E-state index contributed by atoms with van der Waals surface area (Å²) in [6.45, 7) is 7.07. The summed E-state index contributed by atoms with van der Waals surface area (Å²) in [4.78, 5) is 2.50. The molecule has 3 heteroatoms. The maximum absolute atomic E-state index is 9.34. The minimum Gasteiger partial charge on any atom is -0.373 e. The third kappa shape index (κ3) is 3.20. The van der Waals surface area contributed by atoms with Gasteiger partial charge in [0.2, 0.25) is 0 Å². The quantitative estimate of drug-likeness (QED) is 0.656. The molecule has 96 valence electrons. The highest BCUT2D eigenvalue weighted by Gasteiger charge is 2.35. The van der Waals surface area contributed by atoms with E-state index in [1.807, 2.05) is 0 Å². The van der Waals surface area contributed by atoms with Gasteiger partial charge in [0.25, 0.3) is 0 Å². The van der Waals surface area contributed by atoms with Crippen LogP contribution in [0.3, 0.4) is 0 Å². The molecule has 3 nitrogen and oxygen atoms in total. The lowest BCUT2D eigenvalue weighted by atomic mass is 9.93. The molecule has 2 rings (SSSR count). The van der Waals surface area contributed by atoms with Gasteiger partial charge in [0.1, 0.15) is 0 Å². The summed E-state index contributed by atoms with van der Waals surface area (Å²) in [7, 11) is 0.